The van der Waals surface area contributed by atoms with Crippen LogP contribution in [0.5, 0.6) is 0 Å². The molecule has 2 fully saturated rings. The van der Waals surface area contributed by atoms with Crippen LogP contribution in [0.25, 0.3) is 0 Å². The number of hydrogen-bond acceptors (Lipinski definition) is 5. The molecule has 0 aromatic carbocycles. The first-order valence-electron chi connectivity index (χ1n) is 8.17. The van der Waals surface area contributed by atoms with Crippen LogP contribution >= 0.6 is 11.3 Å². The molecule has 2 aromatic heterocycles. The van der Waals surface area contributed by atoms with Crippen molar-refractivity contribution in [3.8, 4) is 0 Å². The third-order valence-corrected chi connectivity index (χ3v) is 5.54. The number of rotatable bonds is 4. The summed E-state index contributed by atoms with van der Waals surface area (Å²) < 4.78 is 2.04. The summed E-state index contributed by atoms with van der Waals surface area (Å²) in [5.74, 6) is 0.221. The zero-order chi connectivity index (χ0) is 15.8. The minimum atomic E-state index is 0.221. The highest BCUT2D eigenvalue weighted by Gasteiger charge is 2.27. The van der Waals surface area contributed by atoms with Gasteiger partial charge in [0.05, 0.1) is 22.9 Å². The van der Waals surface area contributed by atoms with E-state index in [1.165, 1.54) is 4.88 Å². The maximum atomic E-state index is 11.8. The zero-order valence-electron chi connectivity index (χ0n) is 13.3. The topological polar surface area (TPSA) is 54.3 Å². The molecular formula is C16H21N5OS. The largest absolute Gasteiger partial charge is 0.309 e. The minimum absolute atomic E-state index is 0.221. The van der Waals surface area contributed by atoms with Gasteiger partial charge in [-0.05, 0) is 19.8 Å². The number of anilines is 1. The fraction of sp³-hybridized carbons (Fsp3) is 0.562. The molecule has 0 bridgehead atoms. The van der Waals surface area contributed by atoms with Crippen molar-refractivity contribution in [2.24, 2.45) is 0 Å². The Morgan fingerprint density at radius 2 is 2.26 bits per heavy atom. The van der Waals surface area contributed by atoms with Gasteiger partial charge in [0.25, 0.3) is 0 Å². The van der Waals surface area contributed by atoms with E-state index < -0.39 is 0 Å². The van der Waals surface area contributed by atoms with Gasteiger partial charge in [-0.25, -0.2) is 4.98 Å². The summed E-state index contributed by atoms with van der Waals surface area (Å²) in [4.78, 5) is 21.8. The number of thiazole rings is 1. The summed E-state index contributed by atoms with van der Waals surface area (Å²) in [6.45, 7) is 5.93. The Hall–Kier alpha value is -1.73. The molecule has 0 radical (unpaired) electrons. The maximum Gasteiger partial charge on any atom is 0.227 e. The van der Waals surface area contributed by atoms with E-state index in [1.807, 2.05) is 35.1 Å². The van der Waals surface area contributed by atoms with Crippen LogP contribution in [0.3, 0.4) is 0 Å². The van der Waals surface area contributed by atoms with Gasteiger partial charge in [-0.1, -0.05) is 0 Å². The fourth-order valence-electron chi connectivity index (χ4n) is 3.46. The fourth-order valence-corrected chi connectivity index (χ4v) is 4.30. The number of carbonyl (C=O) groups is 1. The molecule has 2 aromatic rings. The van der Waals surface area contributed by atoms with Crippen molar-refractivity contribution < 1.29 is 4.79 Å². The second-order valence-corrected chi connectivity index (χ2v) is 7.67. The minimum Gasteiger partial charge on any atom is -0.309 e. The Morgan fingerprint density at radius 1 is 1.35 bits per heavy atom. The summed E-state index contributed by atoms with van der Waals surface area (Å²) in [6.07, 6.45) is 8.57. The average Bonchev–Trinajstić information content (AvgIpc) is 3.27. The van der Waals surface area contributed by atoms with Gasteiger partial charge in [0.15, 0.2) is 0 Å². The van der Waals surface area contributed by atoms with Crippen LogP contribution in [-0.2, 0) is 11.3 Å². The molecule has 0 saturated carbocycles. The molecule has 1 amide bonds. The van der Waals surface area contributed by atoms with Gasteiger partial charge in [-0.3, -0.25) is 14.4 Å². The van der Waals surface area contributed by atoms with Crippen molar-refractivity contribution in [2.75, 3.05) is 24.5 Å². The number of carbonyl (C=O) groups excluding carboxylic acids is 1. The Morgan fingerprint density at radius 3 is 3.00 bits per heavy atom. The molecule has 0 N–H and O–H groups in total. The van der Waals surface area contributed by atoms with Gasteiger partial charge in [0.1, 0.15) is 0 Å². The number of hydrogen-bond donors (Lipinski definition) is 0. The van der Waals surface area contributed by atoms with Crippen LogP contribution in [0.2, 0.25) is 0 Å². The van der Waals surface area contributed by atoms with E-state index in [2.05, 4.69) is 15.0 Å². The lowest BCUT2D eigenvalue weighted by atomic mass is 10.3. The smallest absolute Gasteiger partial charge is 0.227 e. The quantitative estimate of drug-likeness (QED) is 0.862. The Labute approximate surface area is 139 Å². The first-order chi connectivity index (χ1) is 11.2. The van der Waals surface area contributed by atoms with Crippen LogP contribution in [0.4, 0.5) is 5.69 Å². The highest BCUT2D eigenvalue weighted by molar-refractivity contribution is 7.11. The van der Waals surface area contributed by atoms with Crippen LogP contribution in [0.15, 0.2) is 18.6 Å². The molecule has 122 valence electrons. The van der Waals surface area contributed by atoms with Gasteiger partial charge in [-0.2, -0.15) is 5.10 Å². The van der Waals surface area contributed by atoms with Gasteiger partial charge in [0.2, 0.25) is 5.91 Å². The predicted octanol–water partition coefficient (Wildman–Crippen LogP) is 2.22. The van der Waals surface area contributed by atoms with Gasteiger partial charge >= 0.3 is 0 Å². The van der Waals surface area contributed by atoms with Crippen molar-refractivity contribution in [3.63, 3.8) is 0 Å². The lowest BCUT2D eigenvalue weighted by molar-refractivity contribution is -0.117. The SMILES string of the molecule is Cc1ncc(CN2CCC(n3cc(N4CCCC4=O)cn3)C2)s1. The second-order valence-electron chi connectivity index (χ2n) is 6.35. The molecule has 4 rings (SSSR count). The predicted molar refractivity (Wildman–Crippen MR) is 89.6 cm³/mol. The standard InChI is InChI=1S/C16H21N5OS/c1-12-17-8-15(23-12)11-19-6-4-13(9-19)21-10-14(7-18-21)20-5-2-3-16(20)22/h7-8,10,13H,2-6,9,11H2,1H3. The monoisotopic (exact) mass is 331 g/mol. The Kier molecular flexibility index (Phi) is 3.90. The molecule has 6 nitrogen and oxygen atoms in total. The molecule has 7 heteroatoms. The molecule has 2 aliphatic heterocycles. The summed E-state index contributed by atoms with van der Waals surface area (Å²) in [5.41, 5.74) is 0.948. The van der Waals surface area contributed by atoms with Crippen molar-refractivity contribution in [3.05, 3.63) is 28.5 Å². The van der Waals surface area contributed by atoms with E-state index in [4.69, 9.17) is 0 Å². The highest BCUT2D eigenvalue weighted by Crippen LogP contribution is 2.27. The number of aryl methyl sites for hydroxylation is 1. The first kappa shape index (κ1) is 14.8. The maximum absolute atomic E-state index is 11.8. The normalized spacial score (nSPS) is 22.4. The summed E-state index contributed by atoms with van der Waals surface area (Å²) >= 11 is 1.77. The molecule has 0 spiro atoms. The molecule has 1 atom stereocenters. The number of nitrogens with zero attached hydrogens (tertiary/aromatic N) is 5. The number of amides is 1. The highest BCUT2D eigenvalue weighted by atomic mass is 32.1. The molecule has 4 heterocycles. The van der Waals surface area contributed by atoms with E-state index in [0.29, 0.717) is 12.5 Å². The van der Waals surface area contributed by atoms with E-state index in [1.54, 1.807) is 11.3 Å². The average molecular weight is 331 g/mol. The molecule has 2 saturated heterocycles. The third kappa shape index (κ3) is 3.03. The second kappa shape index (κ2) is 6.05. The molecule has 23 heavy (non-hydrogen) atoms. The van der Waals surface area contributed by atoms with Crippen molar-refractivity contribution in [2.45, 2.75) is 38.8 Å². The lowest BCUT2D eigenvalue weighted by Crippen LogP contribution is -2.23. The summed E-state index contributed by atoms with van der Waals surface area (Å²) in [6, 6.07) is 0.399. The van der Waals surface area contributed by atoms with Gasteiger partial charge < -0.3 is 4.90 Å². The van der Waals surface area contributed by atoms with E-state index in [9.17, 15) is 4.79 Å². The van der Waals surface area contributed by atoms with Gasteiger partial charge in [-0.15, -0.1) is 11.3 Å². The van der Waals surface area contributed by atoms with Crippen molar-refractivity contribution in [1.29, 1.82) is 0 Å². The molecule has 2 aliphatic rings. The van der Waals surface area contributed by atoms with E-state index in [0.717, 1.165) is 49.7 Å². The molecule has 1 unspecified atom stereocenters. The Balaban J connectivity index is 1.40. The van der Waals surface area contributed by atoms with Crippen LogP contribution in [-0.4, -0.2) is 45.2 Å². The molecular weight excluding hydrogens is 310 g/mol. The lowest BCUT2D eigenvalue weighted by Gasteiger charge is -2.15. The van der Waals surface area contributed by atoms with Crippen molar-refractivity contribution >= 4 is 22.9 Å². The van der Waals surface area contributed by atoms with E-state index in [-0.39, 0.29) is 5.91 Å². The number of aromatic nitrogens is 3. The summed E-state index contributed by atoms with van der Waals surface area (Å²) in [5, 5.41) is 5.64. The third-order valence-electron chi connectivity index (χ3n) is 4.64. The van der Waals surface area contributed by atoms with Crippen molar-refractivity contribution in [1.82, 2.24) is 19.7 Å². The first-order valence-corrected chi connectivity index (χ1v) is 8.99. The number of likely N-dealkylation sites (tertiary alicyclic amines) is 1. The summed E-state index contributed by atoms with van der Waals surface area (Å²) in [7, 11) is 0. The zero-order valence-corrected chi connectivity index (χ0v) is 14.1. The van der Waals surface area contributed by atoms with E-state index >= 15 is 0 Å². The molecule has 0 aliphatic carbocycles. The Bertz CT molecular complexity index is 709. The van der Waals surface area contributed by atoms with Crippen LogP contribution in [0.1, 0.15) is 35.2 Å². The van der Waals surface area contributed by atoms with Gasteiger partial charge in [0, 0.05) is 49.9 Å². The van der Waals surface area contributed by atoms with Crippen LogP contribution < -0.4 is 4.90 Å². The van der Waals surface area contributed by atoms with Crippen LogP contribution in [0, 0.1) is 6.92 Å².